The molecule has 1 aromatic heterocycles. The van der Waals surface area contributed by atoms with Gasteiger partial charge in [-0.15, -0.1) is 0 Å². The molecule has 0 radical (unpaired) electrons. The molecule has 0 aromatic carbocycles. The second-order valence-electron chi connectivity index (χ2n) is 6.00. The number of alkyl carbamates (subject to hydrolysis) is 1. The number of hydrogen-bond donors (Lipinski definition) is 2. The second-order valence-corrected chi connectivity index (χ2v) is 6.00. The molecular formula is C14H19FN4O3. The van der Waals surface area contributed by atoms with Crippen LogP contribution in [0, 0.1) is 5.82 Å². The number of halogens is 1. The van der Waals surface area contributed by atoms with E-state index in [1.165, 1.54) is 18.0 Å². The maximum absolute atomic E-state index is 13.3. The van der Waals surface area contributed by atoms with E-state index in [0.717, 1.165) is 6.20 Å². The summed E-state index contributed by atoms with van der Waals surface area (Å²) in [6.07, 6.45) is 0.373. The number of hydrogen-bond acceptors (Lipinski definition) is 5. The van der Waals surface area contributed by atoms with Gasteiger partial charge in [0.05, 0.1) is 11.9 Å². The summed E-state index contributed by atoms with van der Waals surface area (Å²) >= 11 is 0. The second kappa shape index (κ2) is 5.78. The number of amides is 2. The van der Waals surface area contributed by atoms with Crippen LogP contribution in [0.4, 0.5) is 20.7 Å². The molecule has 0 unspecified atom stereocenters. The fourth-order valence-corrected chi connectivity index (χ4v) is 2.02. The topological polar surface area (TPSA) is 83.6 Å². The third kappa shape index (κ3) is 3.63. The lowest BCUT2D eigenvalue weighted by Gasteiger charge is -2.24. The molecule has 1 atom stereocenters. The predicted octanol–water partition coefficient (Wildman–Crippen LogP) is 1.50. The molecular weight excluding hydrogens is 291 g/mol. The zero-order chi connectivity index (χ0) is 16.5. The van der Waals surface area contributed by atoms with Gasteiger partial charge in [0.1, 0.15) is 23.3 Å². The SMILES string of the molecule is CN1C(=O)[C@@H](NC(=O)OC(C)(C)C)CNc2ncc(F)cc21. The van der Waals surface area contributed by atoms with E-state index in [4.69, 9.17) is 4.74 Å². The lowest BCUT2D eigenvalue weighted by Crippen LogP contribution is -2.50. The van der Waals surface area contributed by atoms with E-state index in [2.05, 4.69) is 15.6 Å². The number of nitrogens with one attached hydrogen (secondary N) is 2. The number of anilines is 2. The molecule has 1 aliphatic rings. The Morgan fingerprint density at radius 1 is 1.55 bits per heavy atom. The molecule has 0 aliphatic carbocycles. The molecule has 22 heavy (non-hydrogen) atoms. The smallest absolute Gasteiger partial charge is 0.408 e. The van der Waals surface area contributed by atoms with Crippen molar-refractivity contribution in [2.45, 2.75) is 32.4 Å². The van der Waals surface area contributed by atoms with Crippen LogP contribution in [0.25, 0.3) is 0 Å². The Bertz CT molecular complexity index is 600. The molecule has 7 nitrogen and oxygen atoms in total. The van der Waals surface area contributed by atoms with Crippen molar-refractivity contribution in [2.75, 3.05) is 23.8 Å². The van der Waals surface area contributed by atoms with Gasteiger partial charge in [0.25, 0.3) is 5.91 Å². The van der Waals surface area contributed by atoms with Crippen LogP contribution in [0.15, 0.2) is 12.3 Å². The predicted molar refractivity (Wildman–Crippen MR) is 79.3 cm³/mol. The molecule has 2 heterocycles. The minimum Gasteiger partial charge on any atom is -0.444 e. The number of carbonyl (C=O) groups excluding carboxylic acids is 2. The molecule has 1 aliphatic heterocycles. The van der Waals surface area contributed by atoms with Crippen molar-refractivity contribution in [2.24, 2.45) is 0 Å². The summed E-state index contributed by atoms with van der Waals surface area (Å²) in [5, 5.41) is 5.43. The summed E-state index contributed by atoms with van der Waals surface area (Å²) in [7, 11) is 1.50. The van der Waals surface area contributed by atoms with Crippen LogP contribution in [0.3, 0.4) is 0 Å². The number of carbonyl (C=O) groups is 2. The summed E-state index contributed by atoms with van der Waals surface area (Å²) < 4.78 is 18.4. The average molecular weight is 310 g/mol. The first-order chi connectivity index (χ1) is 10.2. The van der Waals surface area contributed by atoms with Crippen LogP contribution in [-0.4, -0.2) is 42.2 Å². The molecule has 2 N–H and O–H groups in total. The number of fused-ring (bicyclic) bond motifs is 1. The van der Waals surface area contributed by atoms with E-state index in [-0.39, 0.29) is 12.5 Å². The van der Waals surface area contributed by atoms with Crippen molar-refractivity contribution in [3.63, 3.8) is 0 Å². The summed E-state index contributed by atoms with van der Waals surface area (Å²) in [6.45, 7) is 5.32. The monoisotopic (exact) mass is 310 g/mol. The number of aromatic nitrogens is 1. The third-order valence-electron chi connectivity index (χ3n) is 2.99. The van der Waals surface area contributed by atoms with Crippen LogP contribution in [0.1, 0.15) is 20.8 Å². The van der Waals surface area contributed by atoms with Gasteiger partial charge in [-0.1, -0.05) is 0 Å². The summed E-state index contributed by atoms with van der Waals surface area (Å²) in [5.41, 5.74) is -0.344. The van der Waals surface area contributed by atoms with Gasteiger partial charge in [-0.2, -0.15) is 0 Å². The highest BCUT2D eigenvalue weighted by molar-refractivity contribution is 6.01. The van der Waals surface area contributed by atoms with Crippen LogP contribution in [-0.2, 0) is 9.53 Å². The van der Waals surface area contributed by atoms with E-state index >= 15 is 0 Å². The lowest BCUT2D eigenvalue weighted by atomic mass is 10.2. The van der Waals surface area contributed by atoms with Crippen molar-refractivity contribution >= 4 is 23.5 Å². The van der Waals surface area contributed by atoms with Gasteiger partial charge in [-0.25, -0.2) is 14.2 Å². The van der Waals surface area contributed by atoms with Gasteiger partial charge in [0, 0.05) is 19.7 Å². The van der Waals surface area contributed by atoms with Gasteiger partial charge in [0.15, 0.2) is 0 Å². The Balaban J connectivity index is 2.15. The molecule has 0 bridgehead atoms. The van der Waals surface area contributed by atoms with Crippen molar-refractivity contribution < 1.29 is 18.7 Å². The van der Waals surface area contributed by atoms with E-state index in [0.29, 0.717) is 11.5 Å². The number of rotatable bonds is 1. The molecule has 120 valence electrons. The highest BCUT2D eigenvalue weighted by atomic mass is 19.1. The van der Waals surface area contributed by atoms with Gasteiger partial charge in [0.2, 0.25) is 0 Å². The zero-order valence-corrected chi connectivity index (χ0v) is 12.9. The molecule has 0 fully saturated rings. The first-order valence-corrected chi connectivity index (χ1v) is 6.84. The average Bonchev–Trinajstić information content (AvgIpc) is 2.50. The van der Waals surface area contributed by atoms with Gasteiger partial charge >= 0.3 is 6.09 Å². The van der Waals surface area contributed by atoms with E-state index < -0.39 is 23.6 Å². The molecule has 2 rings (SSSR count). The summed E-state index contributed by atoms with van der Waals surface area (Å²) in [6, 6.07) is 0.375. The Morgan fingerprint density at radius 2 is 2.23 bits per heavy atom. The molecule has 2 amide bonds. The maximum atomic E-state index is 13.3. The molecule has 0 saturated carbocycles. The Kier molecular flexibility index (Phi) is 4.20. The zero-order valence-electron chi connectivity index (χ0n) is 12.9. The van der Waals surface area contributed by atoms with Gasteiger partial charge < -0.3 is 20.3 Å². The fourth-order valence-electron chi connectivity index (χ4n) is 2.02. The quantitative estimate of drug-likeness (QED) is 0.821. The summed E-state index contributed by atoms with van der Waals surface area (Å²) in [4.78, 5) is 29.4. The van der Waals surface area contributed by atoms with Gasteiger partial charge in [-0.3, -0.25) is 4.79 Å². The Hall–Kier alpha value is -2.38. The molecule has 8 heteroatoms. The van der Waals surface area contributed by atoms with Crippen molar-refractivity contribution in [1.29, 1.82) is 0 Å². The highest BCUT2D eigenvalue weighted by Gasteiger charge is 2.31. The standard InChI is InChI=1S/C14H19FN4O3/c1-14(2,3)22-13(21)18-9-7-17-11-10(19(4)12(9)20)5-8(15)6-16-11/h5-6,9H,7H2,1-4H3,(H,16,17)(H,18,21)/t9-/m0/s1. The van der Waals surface area contributed by atoms with Crippen LogP contribution < -0.4 is 15.5 Å². The third-order valence-corrected chi connectivity index (χ3v) is 2.99. The first-order valence-electron chi connectivity index (χ1n) is 6.84. The molecule has 1 aromatic rings. The van der Waals surface area contributed by atoms with Crippen LogP contribution in [0.2, 0.25) is 0 Å². The lowest BCUT2D eigenvalue weighted by molar-refractivity contribution is -0.120. The minimum absolute atomic E-state index is 0.133. The first kappa shape index (κ1) is 16.0. The highest BCUT2D eigenvalue weighted by Crippen LogP contribution is 2.26. The Labute approximate surface area is 127 Å². The summed E-state index contributed by atoms with van der Waals surface area (Å²) in [5.74, 6) is -0.547. The number of pyridine rings is 1. The maximum Gasteiger partial charge on any atom is 0.408 e. The van der Waals surface area contributed by atoms with Gasteiger partial charge in [-0.05, 0) is 20.8 Å². The molecule has 0 spiro atoms. The molecule has 0 saturated heterocycles. The van der Waals surface area contributed by atoms with E-state index in [9.17, 15) is 14.0 Å². The minimum atomic E-state index is -0.836. The van der Waals surface area contributed by atoms with E-state index in [1.54, 1.807) is 20.8 Å². The number of nitrogens with zero attached hydrogens (tertiary/aromatic N) is 2. The van der Waals surface area contributed by atoms with E-state index in [1.807, 2.05) is 0 Å². The largest absolute Gasteiger partial charge is 0.444 e. The fraction of sp³-hybridized carbons (Fsp3) is 0.500. The number of likely N-dealkylation sites (N-methyl/N-ethyl adjacent to an activating group) is 1. The van der Waals surface area contributed by atoms with Crippen molar-refractivity contribution in [3.8, 4) is 0 Å². The van der Waals surface area contributed by atoms with Crippen molar-refractivity contribution in [3.05, 3.63) is 18.1 Å². The van der Waals surface area contributed by atoms with Crippen LogP contribution in [0.5, 0.6) is 0 Å². The number of ether oxygens (including phenoxy) is 1. The normalized spacial score (nSPS) is 18.1. The van der Waals surface area contributed by atoms with Crippen LogP contribution >= 0.6 is 0 Å². The van der Waals surface area contributed by atoms with Crippen molar-refractivity contribution in [1.82, 2.24) is 10.3 Å². The Morgan fingerprint density at radius 3 is 2.86 bits per heavy atom.